The Labute approximate surface area is 213 Å². The molecule has 2 fully saturated rings. The van der Waals surface area contributed by atoms with E-state index >= 15 is 0 Å². The minimum Gasteiger partial charge on any atom is -0.444 e. The van der Waals surface area contributed by atoms with Crippen LogP contribution in [0, 0.1) is 11.8 Å². The Morgan fingerprint density at radius 1 is 1.06 bits per heavy atom. The van der Waals surface area contributed by atoms with Crippen LogP contribution in [-0.4, -0.2) is 91.8 Å². The van der Waals surface area contributed by atoms with Crippen LogP contribution >= 0.6 is 24.0 Å². The number of aliphatic imine (C=N–C) groups is 1. The van der Waals surface area contributed by atoms with E-state index in [0.717, 1.165) is 50.9 Å². The van der Waals surface area contributed by atoms with Crippen molar-refractivity contribution in [3.63, 3.8) is 0 Å². The van der Waals surface area contributed by atoms with E-state index < -0.39 is 5.60 Å². The van der Waals surface area contributed by atoms with E-state index in [4.69, 9.17) is 4.74 Å². The standard InChI is InChI=1S/C24H47N5O2.HI/c1-7-13-27-14-9-20(10-15-27)18-26-22(25-6)29-16-11-21(12-17-29)19-28(8-2)23(30)31-24(3,4)5;/h20-21H,7-19H2,1-6H3,(H,25,26);1H. The van der Waals surface area contributed by atoms with Crippen molar-refractivity contribution in [3.05, 3.63) is 0 Å². The molecule has 0 unspecified atom stereocenters. The molecular weight excluding hydrogens is 517 g/mol. The summed E-state index contributed by atoms with van der Waals surface area (Å²) in [6, 6.07) is 0. The first-order chi connectivity index (χ1) is 14.8. The predicted octanol–water partition coefficient (Wildman–Crippen LogP) is 4.27. The predicted molar refractivity (Wildman–Crippen MR) is 144 cm³/mol. The van der Waals surface area contributed by atoms with Gasteiger partial charge in [-0.3, -0.25) is 4.99 Å². The molecule has 2 aliphatic heterocycles. The highest BCUT2D eigenvalue weighted by Gasteiger charge is 2.27. The molecule has 0 aromatic heterocycles. The summed E-state index contributed by atoms with van der Waals surface area (Å²) < 4.78 is 5.56. The van der Waals surface area contributed by atoms with E-state index in [1.165, 1.54) is 38.9 Å². The lowest BCUT2D eigenvalue weighted by atomic mass is 9.96. The number of amides is 1. The molecule has 1 amide bonds. The third-order valence-corrected chi connectivity index (χ3v) is 6.43. The van der Waals surface area contributed by atoms with E-state index in [-0.39, 0.29) is 30.1 Å². The summed E-state index contributed by atoms with van der Waals surface area (Å²) in [5.74, 6) is 2.30. The average molecular weight is 566 g/mol. The summed E-state index contributed by atoms with van der Waals surface area (Å²) in [6.07, 6.45) is 5.77. The molecule has 0 aromatic carbocycles. The number of nitrogens with zero attached hydrogens (tertiary/aromatic N) is 4. The second-order valence-corrected chi connectivity index (χ2v) is 10.2. The highest BCUT2D eigenvalue weighted by atomic mass is 127. The van der Waals surface area contributed by atoms with Gasteiger partial charge in [0.1, 0.15) is 5.60 Å². The van der Waals surface area contributed by atoms with Crippen molar-refractivity contribution in [3.8, 4) is 0 Å². The van der Waals surface area contributed by atoms with Crippen LogP contribution in [0.5, 0.6) is 0 Å². The zero-order valence-corrected chi connectivity index (χ0v) is 23.7. The topological polar surface area (TPSA) is 60.4 Å². The number of hydrogen-bond acceptors (Lipinski definition) is 4. The molecule has 2 rings (SSSR count). The molecule has 2 saturated heterocycles. The van der Waals surface area contributed by atoms with Crippen LogP contribution < -0.4 is 5.32 Å². The minimum atomic E-state index is -0.446. The Balaban J connectivity index is 0.00000512. The van der Waals surface area contributed by atoms with Crippen molar-refractivity contribution < 1.29 is 9.53 Å². The van der Waals surface area contributed by atoms with Crippen molar-refractivity contribution in [1.29, 1.82) is 0 Å². The fourth-order valence-corrected chi connectivity index (χ4v) is 4.60. The fourth-order valence-electron chi connectivity index (χ4n) is 4.60. The molecule has 2 heterocycles. The molecule has 7 nitrogen and oxygen atoms in total. The molecule has 32 heavy (non-hydrogen) atoms. The monoisotopic (exact) mass is 565 g/mol. The Kier molecular flexibility index (Phi) is 13.2. The number of rotatable bonds is 7. The second-order valence-electron chi connectivity index (χ2n) is 10.2. The number of nitrogens with one attached hydrogen (secondary N) is 1. The maximum Gasteiger partial charge on any atom is 0.410 e. The molecular formula is C24H48IN5O2. The molecule has 188 valence electrons. The van der Waals surface area contributed by atoms with Gasteiger partial charge < -0.3 is 24.8 Å². The SMILES string of the molecule is CCCN1CCC(CNC(=NC)N2CCC(CN(CC)C(=O)OC(C)(C)C)CC2)CC1.I. The van der Waals surface area contributed by atoms with Gasteiger partial charge in [0.05, 0.1) is 0 Å². The molecule has 8 heteroatoms. The Morgan fingerprint density at radius 3 is 2.16 bits per heavy atom. The van der Waals surface area contributed by atoms with Gasteiger partial charge in [-0.2, -0.15) is 0 Å². The van der Waals surface area contributed by atoms with Gasteiger partial charge in [0, 0.05) is 39.8 Å². The third-order valence-electron chi connectivity index (χ3n) is 6.43. The van der Waals surface area contributed by atoms with Crippen molar-refractivity contribution in [2.45, 2.75) is 72.3 Å². The van der Waals surface area contributed by atoms with Crippen molar-refractivity contribution in [2.75, 3.05) is 59.4 Å². The Morgan fingerprint density at radius 2 is 1.66 bits per heavy atom. The number of carbonyl (C=O) groups excluding carboxylic acids is 1. The van der Waals surface area contributed by atoms with E-state index in [9.17, 15) is 4.79 Å². The first kappa shape index (κ1) is 29.3. The smallest absolute Gasteiger partial charge is 0.410 e. The maximum atomic E-state index is 12.4. The molecule has 0 aromatic rings. The lowest BCUT2D eigenvalue weighted by molar-refractivity contribution is 0.0214. The highest BCUT2D eigenvalue weighted by molar-refractivity contribution is 14.0. The molecule has 0 radical (unpaired) electrons. The Hall–Kier alpha value is -0.770. The number of hydrogen-bond donors (Lipinski definition) is 1. The first-order valence-corrected chi connectivity index (χ1v) is 12.4. The number of piperidine rings is 2. The number of likely N-dealkylation sites (tertiary alicyclic amines) is 2. The van der Waals surface area contributed by atoms with Gasteiger partial charge in [-0.25, -0.2) is 4.79 Å². The van der Waals surface area contributed by atoms with Crippen molar-refractivity contribution in [2.24, 2.45) is 16.8 Å². The molecule has 0 spiro atoms. The molecule has 0 aliphatic carbocycles. The van der Waals surface area contributed by atoms with E-state index in [0.29, 0.717) is 12.5 Å². The largest absolute Gasteiger partial charge is 0.444 e. The minimum absolute atomic E-state index is 0. The van der Waals surface area contributed by atoms with Gasteiger partial charge in [0.25, 0.3) is 0 Å². The van der Waals surface area contributed by atoms with Crippen molar-refractivity contribution in [1.82, 2.24) is 20.0 Å². The zero-order valence-electron chi connectivity index (χ0n) is 21.4. The highest BCUT2D eigenvalue weighted by Crippen LogP contribution is 2.21. The Bertz CT molecular complexity index is 565. The molecule has 0 saturated carbocycles. The summed E-state index contributed by atoms with van der Waals surface area (Å²) in [5.41, 5.74) is -0.446. The van der Waals surface area contributed by atoms with Gasteiger partial charge in [-0.1, -0.05) is 6.92 Å². The molecule has 0 atom stereocenters. The van der Waals surface area contributed by atoms with Crippen LogP contribution in [0.4, 0.5) is 4.79 Å². The summed E-state index contributed by atoms with van der Waals surface area (Å²) in [4.78, 5) is 23.8. The number of guanidine groups is 1. The average Bonchev–Trinajstić information content (AvgIpc) is 2.73. The lowest BCUT2D eigenvalue weighted by Gasteiger charge is -2.37. The van der Waals surface area contributed by atoms with Crippen LogP contribution in [0.25, 0.3) is 0 Å². The second kappa shape index (κ2) is 14.5. The summed E-state index contributed by atoms with van der Waals surface area (Å²) >= 11 is 0. The fraction of sp³-hybridized carbons (Fsp3) is 0.917. The van der Waals surface area contributed by atoms with Gasteiger partial charge in [0.15, 0.2) is 5.96 Å². The van der Waals surface area contributed by atoms with Crippen molar-refractivity contribution >= 4 is 36.0 Å². The van der Waals surface area contributed by atoms with Crippen LogP contribution in [-0.2, 0) is 4.74 Å². The van der Waals surface area contributed by atoms with Gasteiger partial charge in [-0.05, 0) is 91.3 Å². The maximum absolute atomic E-state index is 12.4. The summed E-state index contributed by atoms with van der Waals surface area (Å²) in [6.45, 7) is 18.2. The van der Waals surface area contributed by atoms with E-state index in [2.05, 4.69) is 27.0 Å². The van der Waals surface area contributed by atoms with Gasteiger partial charge in [-0.15, -0.1) is 24.0 Å². The zero-order chi connectivity index (χ0) is 22.9. The molecule has 0 bridgehead atoms. The van der Waals surface area contributed by atoms with Gasteiger partial charge in [0.2, 0.25) is 0 Å². The third kappa shape index (κ3) is 10.0. The molecule has 2 aliphatic rings. The normalized spacial score (nSPS) is 19.4. The summed E-state index contributed by atoms with van der Waals surface area (Å²) in [7, 11) is 1.89. The molecule has 1 N–H and O–H groups in total. The number of halogens is 1. The van der Waals surface area contributed by atoms with E-state index in [1.807, 2.05) is 39.6 Å². The summed E-state index contributed by atoms with van der Waals surface area (Å²) in [5, 5.41) is 3.64. The van der Waals surface area contributed by atoms with Crippen LogP contribution in [0.15, 0.2) is 4.99 Å². The number of carbonyl (C=O) groups is 1. The van der Waals surface area contributed by atoms with Gasteiger partial charge >= 0.3 is 6.09 Å². The lowest BCUT2D eigenvalue weighted by Crippen LogP contribution is -2.49. The quantitative estimate of drug-likeness (QED) is 0.284. The van der Waals surface area contributed by atoms with E-state index in [1.54, 1.807) is 0 Å². The van der Waals surface area contributed by atoms with Crippen LogP contribution in [0.2, 0.25) is 0 Å². The van der Waals surface area contributed by atoms with Crippen LogP contribution in [0.1, 0.15) is 66.7 Å². The number of ether oxygens (including phenoxy) is 1. The van der Waals surface area contributed by atoms with Crippen LogP contribution in [0.3, 0.4) is 0 Å². The first-order valence-electron chi connectivity index (χ1n) is 12.4.